The second-order valence-corrected chi connectivity index (χ2v) is 3.32. The average molecular weight is 219 g/mol. The second-order valence-electron chi connectivity index (χ2n) is 1.84. The number of fused-ring (bicyclic) bond motifs is 1. The fourth-order valence-corrected chi connectivity index (χ4v) is 1.97. The molecule has 2 aromatic heterocycles. The van der Waals surface area contributed by atoms with Crippen LogP contribution in [-0.4, -0.2) is 19.4 Å². The highest BCUT2D eigenvalue weighted by atomic mass is 79.9. The molecule has 4 nitrogen and oxygen atoms in total. The van der Waals surface area contributed by atoms with Gasteiger partial charge >= 0.3 is 0 Å². The topological polar surface area (TPSA) is 43.6 Å². The first kappa shape index (κ1) is 6.23. The van der Waals surface area contributed by atoms with Gasteiger partial charge in [-0.05, 0) is 15.9 Å². The lowest BCUT2D eigenvalue weighted by Gasteiger charge is -1.81. The van der Waals surface area contributed by atoms with Crippen molar-refractivity contribution < 1.29 is 0 Å². The van der Waals surface area contributed by atoms with Gasteiger partial charge in [-0.2, -0.15) is 5.10 Å². The molecule has 0 spiro atoms. The molecule has 0 bridgehead atoms. The van der Waals surface area contributed by atoms with Crippen LogP contribution in [0.2, 0.25) is 0 Å². The van der Waals surface area contributed by atoms with E-state index in [2.05, 4.69) is 30.6 Å². The zero-order valence-electron chi connectivity index (χ0n) is 5.08. The second kappa shape index (κ2) is 2.00. The van der Waals surface area contributed by atoms with Crippen molar-refractivity contribution in [2.45, 2.75) is 0 Å². The predicted octanol–water partition coefficient (Wildman–Crippen LogP) is 1.19. The first-order valence-corrected chi connectivity index (χ1v) is 4.16. The third-order valence-corrected chi connectivity index (χ3v) is 2.53. The number of hydrogen-bond acceptors (Lipinski definition) is 4. The lowest BCUT2D eigenvalue weighted by Crippen LogP contribution is -1.86. The Morgan fingerprint density at radius 1 is 1.60 bits per heavy atom. The SMILES string of the molecule is Cn1nc(Br)c2nnsc21. The lowest BCUT2D eigenvalue weighted by atomic mass is 10.7. The van der Waals surface area contributed by atoms with Gasteiger partial charge in [-0.1, -0.05) is 4.49 Å². The normalized spacial score (nSPS) is 11.0. The molecule has 0 saturated carbocycles. The van der Waals surface area contributed by atoms with Crippen LogP contribution >= 0.6 is 27.5 Å². The van der Waals surface area contributed by atoms with Crippen molar-refractivity contribution >= 4 is 37.8 Å². The highest BCUT2D eigenvalue weighted by molar-refractivity contribution is 9.10. The molecule has 0 aliphatic carbocycles. The maximum Gasteiger partial charge on any atom is 0.163 e. The van der Waals surface area contributed by atoms with Gasteiger partial charge < -0.3 is 0 Å². The molecule has 0 aliphatic heterocycles. The summed E-state index contributed by atoms with van der Waals surface area (Å²) in [5, 5.41) is 7.97. The van der Waals surface area contributed by atoms with Gasteiger partial charge in [-0.15, -0.1) is 5.10 Å². The van der Waals surface area contributed by atoms with Crippen LogP contribution in [0.5, 0.6) is 0 Å². The molecule has 0 amide bonds. The molecule has 52 valence electrons. The number of hydrogen-bond donors (Lipinski definition) is 0. The number of nitrogens with zero attached hydrogens (tertiary/aromatic N) is 4. The monoisotopic (exact) mass is 218 g/mol. The Bertz CT molecular complexity index is 333. The molecule has 10 heavy (non-hydrogen) atoms. The van der Waals surface area contributed by atoms with Crippen LogP contribution in [-0.2, 0) is 7.05 Å². The predicted molar refractivity (Wildman–Crippen MR) is 41.9 cm³/mol. The van der Waals surface area contributed by atoms with Gasteiger partial charge in [0.2, 0.25) is 0 Å². The Kier molecular flexibility index (Phi) is 1.24. The average Bonchev–Trinajstić information content (AvgIpc) is 2.39. The van der Waals surface area contributed by atoms with Gasteiger partial charge in [-0.3, -0.25) is 4.68 Å². The standard InChI is InChI=1S/C4H3BrN4S/c1-9-4-2(3(5)7-9)6-8-10-4/h1H3. The van der Waals surface area contributed by atoms with E-state index in [-0.39, 0.29) is 0 Å². The maximum absolute atomic E-state index is 4.09. The summed E-state index contributed by atoms with van der Waals surface area (Å²) in [6, 6.07) is 0. The molecule has 0 atom stereocenters. The van der Waals surface area contributed by atoms with Gasteiger partial charge in [0.25, 0.3) is 0 Å². The van der Waals surface area contributed by atoms with Crippen LogP contribution in [0.3, 0.4) is 0 Å². The van der Waals surface area contributed by atoms with E-state index in [4.69, 9.17) is 0 Å². The third kappa shape index (κ3) is 0.688. The Morgan fingerprint density at radius 3 is 3.10 bits per heavy atom. The zero-order chi connectivity index (χ0) is 7.14. The molecule has 2 rings (SSSR count). The van der Waals surface area contributed by atoms with Crippen LogP contribution in [0.1, 0.15) is 0 Å². The summed E-state index contributed by atoms with van der Waals surface area (Å²) in [6.07, 6.45) is 0. The molecule has 0 radical (unpaired) electrons. The van der Waals surface area contributed by atoms with Gasteiger partial charge in [-0.25, -0.2) is 0 Å². The van der Waals surface area contributed by atoms with Crippen molar-refractivity contribution in [1.82, 2.24) is 19.4 Å². The van der Waals surface area contributed by atoms with Crippen LogP contribution < -0.4 is 0 Å². The smallest absolute Gasteiger partial charge is 0.163 e. The molecule has 0 fully saturated rings. The molecule has 2 heterocycles. The van der Waals surface area contributed by atoms with Crippen molar-refractivity contribution in [3.05, 3.63) is 4.60 Å². The van der Waals surface area contributed by atoms with E-state index in [1.54, 1.807) is 4.68 Å². The lowest BCUT2D eigenvalue weighted by molar-refractivity contribution is 0.793. The van der Waals surface area contributed by atoms with Gasteiger partial charge in [0, 0.05) is 18.6 Å². The summed E-state index contributed by atoms with van der Waals surface area (Å²) in [7, 11) is 1.87. The largest absolute Gasteiger partial charge is 0.254 e. The molecule has 0 aromatic carbocycles. The van der Waals surface area contributed by atoms with Crippen molar-refractivity contribution in [3.8, 4) is 0 Å². The summed E-state index contributed by atoms with van der Waals surface area (Å²) in [5.41, 5.74) is 0.840. The summed E-state index contributed by atoms with van der Waals surface area (Å²) < 4.78 is 6.30. The molecule has 0 unspecified atom stereocenters. The molecular weight excluding hydrogens is 216 g/mol. The molecule has 6 heteroatoms. The van der Waals surface area contributed by atoms with E-state index in [1.807, 2.05) is 7.05 Å². The number of aromatic nitrogens is 4. The number of halogens is 1. The van der Waals surface area contributed by atoms with Crippen LogP contribution in [0, 0.1) is 0 Å². The van der Waals surface area contributed by atoms with E-state index in [9.17, 15) is 0 Å². The minimum Gasteiger partial charge on any atom is -0.254 e. The van der Waals surface area contributed by atoms with Crippen LogP contribution in [0.25, 0.3) is 10.3 Å². The summed E-state index contributed by atoms with van der Waals surface area (Å²) >= 11 is 4.61. The molecule has 2 aromatic rings. The molecule has 0 N–H and O–H groups in total. The van der Waals surface area contributed by atoms with E-state index in [0.717, 1.165) is 15.0 Å². The fraction of sp³-hybridized carbons (Fsp3) is 0.250. The highest BCUT2D eigenvalue weighted by Gasteiger charge is 2.08. The van der Waals surface area contributed by atoms with Crippen molar-refractivity contribution in [1.29, 1.82) is 0 Å². The van der Waals surface area contributed by atoms with E-state index in [0.29, 0.717) is 0 Å². The number of rotatable bonds is 0. The molecular formula is C4H3BrN4S. The van der Waals surface area contributed by atoms with Gasteiger partial charge in [0.15, 0.2) is 15.0 Å². The van der Waals surface area contributed by atoms with E-state index >= 15 is 0 Å². The minimum absolute atomic E-state index is 0.763. The quantitative estimate of drug-likeness (QED) is 0.668. The Hall–Kier alpha value is -0.490. The van der Waals surface area contributed by atoms with Crippen molar-refractivity contribution in [2.24, 2.45) is 7.05 Å². The fourth-order valence-electron chi connectivity index (χ4n) is 0.752. The van der Waals surface area contributed by atoms with Crippen molar-refractivity contribution in [2.75, 3.05) is 0 Å². The molecule has 0 saturated heterocycles. The highest BCUT2D eigenvalue weighted by Crippen LogP contribution is 2.21. The van der Waals surface area contributed by atoms with Crippen LogP contribution in [0.15, 0.2) is 4.60 Å². The first-order chi connectivity index (χ1) is 4.79. The Morgan fingerprint density at radius 2 is 2.40 bits per heavy atom. The first-order valence-electron chi connectivity index (χ1n) is 2.59. The zero-order valence-corrected chi connectivity index (χ0v) is 7.48. The van der Waals surface area contributed by atoms with E-state index < -0.39 is 0 Å². The summed E-state index contributed by atoms with van der Waals surface area (Å²) in [6.45, 7) is 0. The van der Waals surface area contributed by atoms with E-state index in [1.165, 1.54) is 11.5 Å². The van der Waals surface area contributed by atoms with Gasteiger partial charge in [0.1, 0.15) is 0 Å². The third-order valence-electron chi connectivity index (χ3n) is 1.20. The summed E-state index contributed by atoms with van der Waals surface area (Å²) in [5.74, 6) is 0. The summed E-state index contributed by atoms with van der Waals surface area (Å²) in [4.78, 5) is 0.992. The van der Waals surface area contributed by atoms with Crippen molar-refractivity contribution in [3.63, 3.8) is 0 Å². The Labute approximate surface area is 69.1 Å². The van der Waals surface area contributed by atoms with Crippen LogP contribution in [0.4, 0.5) is 0 Å². The van der Waals surface area contributed by atoms with Gasteiger partial charge in [0.05, 0.1) is 0 Å². The Balaban J connectivity index is 2.98. The minimum atomic E-state index is 0.763. The number of aryl methyl sites for hydroxylation is 1. The maximum atomic E-state index is 4.09. The molecule has 0 aliphatic rings.